The number of hydrogen-bond acceptors (Lipinski definition) is 4. The first-order valence-electron chi connectivity index (χ1n) is 8.40. The molecular weight excluding hydrogens is 250 g/mol. The molecular formula is C16H35N3O. The van der Waals surface area contributed by atoms with Gasteiger partial charge in [-0.25, -0.2) is 0 Å². The van der Waals surface area contributed by atoms with E-state index in [0.717, 1.165) is 52.2 Å². The Morgan fingerprint density at radius 1 is 1.15 bits per heavy atom. The smallest absolute Gasteiger partial charge is 0.0565 e. The molecule has 0 saturated carbocycles. The van der Waals surface area contributed by atoms with Crippen LogP contribution in [0.3, 0.4) is 0 Å². The van der Waals surface area contributed by atoms with Crippen LogP contribution in [0.1, 0.15) is 47.0 Å². The second-order valence-electron chi connectivity index (χ2n) is 6.02. The number of hydrogen-bond donors (Lipinski definition) is 1. The summed E-state index contributed by atoms with van der Waals surface area (Å²) >= 11 is 0. The van der Waals surface area contributed by atoms with Crippen LogP contribution >= 0.6 is 0 Å². The van der Waals surface area contributed by atoms with Gasteiger partial charge >= 0.3 is 0 Å². The number of ether oxygens (including phenoxy) is 1. The lowest BCUT2D eigenvalue weighted by atomic mass is 9.85. The summed E-state index contributed by atoms with van der Waals surface area (Å²) < 4.78 is 5.72. The van der Waals surface area contributed by atoms with E-state index in [2.05, 4.69) is 37.5 Å². The Kier molecular flexibility index (Phi) is 8.03. The third-order valence-corrected chi connectivity index (χ3v) is 4.87. The Hall–Kier alpha value is -0.160. The van der Waals surface area contributed by atoms with Crippen molar-refractivity contribution in [2.45, 2.75) is 58.6 Å². The Labute approximate surface area is 125 Å². The lowest BCUT2D eigenvalue weighted by molar-refractivity contribution is -0.0630. The molecule has 20 heavy (non-hydrogen) atoms. The fraction of sp³-hybridized carbons (Fsp3) is 1.00. The maximum absolute atomic E-state index is 6.15. The first-order valence-corrected chi connectivity index (χ1v) is 8.40. The summed E-state index contributed by atoms with van der Waals surface area (Å²) in [6.07, 6.45) is 3.71. The Balaban J connectivity index is 2.54. The standard InChI is InChI=1S/C16H35N3O/c1-5-18(6-2)10-8-11-19(7-3)16(14-17)9-12-20-15(4)13-16/h15H,5-14,17H2,1-4H3. The lowest BCUT2D eigenvalue weighted by Crippen LogP contribution is -2.58. The Morgan fingerprint density at radius 3 is 2.35 bits per heavy atom. The van der Waals surface area contributed by atoms with Crippen molar-refractivity contribution in [1.82, 2.24) is 9.80 Å². The molecule has 0 amide bonds. The van der Waals surface area contributed by atoms with E-state index in [-0.39, 0.29) is 5.54 Å². The van der Waals surface area contributed by atoms with Gasteiger partial charge in [-0.3, -0.25) is 4.90 Å². The van der Waals surface area contributed by atoms with E-state index in [1.807, 2.05) is 0 Å². The van der Waals surface area contributed by atoms with E-state index in [0.29, 0.717) is 6.10 Å². The zero-order valence-electron chi connectivity index (χ0n) is 14.0. The minimum atomic E-state index is 0.162. The maximum atomic E-state index is 6.15. The third kappa shape index (κ3) is 4.69. The highest BCUT2D eigenvalue weighted by atomic mass is 16.5. The molecule has 2 atom stereocenters. The topological polar surface area (TPSA) is 41.7 Å². The molecule has 1 aliphatic heterocycles. The van der Waals surface area contributed by atoms with Crippen LogP contribution in [0.25, 0.3) is 0 Å². The molecule has 1 heterocycles. The first-order chi connectivity index (χ1) is 9.61. The highest BCUT2D eigenvalue weighted by molar-refractivity contribution is 4.95. The van der Waals surface area contributed by atoms with Crippen LogP contribution in [0.5, 0.6) is 0 Å². The lowest BCUT2D eigenvalue weighted by Gasteiger charge is -2.47. The van der Waals surface area contributed by atoms with Crippen molar-refractivity contribution in [3.05, 3.63) is 0 Å². The van der Waals surface area contributed by atoms with Gasteiger partial charge in [-0.15, -0.1) is 0 Å². The highest BCUT2D eigenvalue weighted by Gasteiger charge is 2.38. The first kappa shape index (κ1) is 17.9. The summed E-state index contributed by atoms with van der Waals surface area (Å²) in [6.45, 7) is 16.2. The van der Waals surface area contributed by atoms with Gasteiger partial charge in [-0.2, -0.15) is 0 Å². The second kappa shape index (κ2) is 8.98. The summed E-state index contributed by atoms with van der Waals surface area (Å²) in [5, 5.41) is 0. The van der Waals surface area contributed by atoms with Crippen molar-refractivity contribution in [2.24, 2.45) is 5.73 Å². The molecule has 0 aromatic heterocycles. The van der Waals surface area contributed by atoms with Crippen molar-refractivity contribution in [3.8, 4) is 0 Å². The van der Waals surface area contributed by atoms with Crippen LogP contribution in [0.2, 0.25) is 0 Å². The van der Waals surface area contributed by atoms with Crippen LogP contribution in [0.4, 0.5) is 0 Å². The van der Waals surface area contributed by atoms with Gasteiger partial charge in [0.25, 0.3) is 0 Å². The summed E-state index contributed by atoms with van der Waals surface area (Å²) in [6, 6.07) is 0. The molecule has 0 aromatic rings. The fourth-order valence-corrected chi connectivity index (χ4v) is 3.50. The Bertz CT molecular complexity index is 258. The molecule has 1 saturated heterocycles. The minimum Gasteiger partial charge on any atom is -0.378 e. The average Bonchev–Trinajstić information content (AvgIpc) is 2.47. The minimum absolute atomic E-state index is 0.162. The van der Waals surface area contributed by atoms with Gasteiger partial charge in [0.2, 0.25) is 0 Å². The molecule has 0 radical (unpaired) electrons. The van der Waals surface area contributed by atoms with Crippen molar-refractivity contribution in [2.75, 3.05) is 45.9 Å². The summed E-state index contributed by atoms with van der Waals surface area (Å²) in [7, 11) is 0. The van der Waals surface area contributed by atoms with Crippen LogP contribution in [0, 0.1) is 0 Å². The maximum Gasteiger partial charge on any atom is 0.0565 e. The van der Waals surface area contributed by atoms with Crippen molar-refractivity contribution in [3.63, 3.8) is 0 Å². The van der Waals surface area contributed by atoms with Crippen molar-refractivity contribution >= 4 is 0 Å². The molecule has 1 aliphatic rings. The fourth-order valence-electron chi connectivity index (χ4n) is 3.50. The zero-order chi connectivity index (χ0) is 15.0. The van der Waals surface area contributed by atoms with Gasteiger partial charge in [0.15, 0.2) is 0 Å². The molecule has 1 rings (SSSR count). The SMILES string of the molecule is CCN(CC)CCCN(CC)C1(CN)CCOC(C)C1. The number of nitrogens with two attached hydrogens (primary N) is 1. The highest BCUT2D eigenvalue weighted by Crippen LogP contribution is 2.30. The zero-order valence-corrected chi connectivity index (χ0v) is 14.0. The summed E-state index contributed by atoms with van der Waals surface area (Å²) in [5.74, 6) is 0. The van der Waals surface area contributed by atoms with Crippen LogP contribution < -0.4 is 5.73 Å². The average molecular weight is 285 g/mol. The predicted octanol–water partition coefficient (Wildman–Crippen LogP) is 1.94. The second-order valence-corrected chi connectivity index (χ2v) is 6.02. The third-order valence-electron chi connectivity index (χ3n) is 4.87. The normalized spacial score (nSPS) is 27.4. The van der Waals surface area contributed by atoms with Gasteiger partial charge in [-0.05, 0) is 58.9 Å². The number of rotatable bonds is 9. The van der Waals surface area contributed by atoms with E-state index in [1.165, 1.54) is 13.0 Å². The monoisotopic (exact) mass is 285 g/mol. The molecule has 0 bridgehead atoms. The van der Waals surface area contributed by atoms with E-state index < -0.39 is 0 Å². The molecule has 2 unspecified atom stereocenters. The van der Waals surface area contributed by atoms with E-state index in [9.17, 15) is 0 Å². The predicted molar refractivity (Wildman–Crippen MR) is 86.1 cm³/mol. The van der Waals surface area contributed by atoms with Crippen LogP contribution in [-0.4, -0.2) is 67.3 Å². The van der Waals surface area contributed by atoms with Gasteiger partial charge in [0.1, 0.15) is 0 Å². The van der Waals surface area contributed by atoms with Crippen molar-refractivity contribution in [1.29, 1.82) is 0 Å². The molecule has 0 aromatic carbocycles. The summed E-state index contributed by atoms with van der Waals surface area (Å²) in [4.78, 5) is 5.10. The Morgan fingerprint density at radius 2 is 1.85 bits per heavy atom. The number of likely N-dealkylation sites (N-methyl/N-ethyl adjacent to an activating group) is 1. The van der Waals surface area contributed by atoms with Gasteiger partial charge < -0.3 is 15.4 Å². The van der Waals surface area contributed by atoms with Crippen LogP contribution in [-0.2, 0) is 4.74 Å². The largest absolute Gasteiger partial charge is 0.378 e. The van der Waals surface area contributed by atoms with E-state index in [4.69, 9.17) is 10.5 Å². The molecule has 0 spiro atoms. The van der Waals surface area contributed by atoms with Gasteiger partial charge in [-0.1, -0.05) is 20.8 Å². The van der Waals surface area contributed by atoms with E-state index >= 15 is 0 Å². The molecule has 120 valence electrons. The molecule has 0 aliphatic carbocycles. The van der Waals surface area contributed by atoms with Crippen LogP contribution in [0.15, 0.2) is 0 Å². The van der Waals surface area contributed by atoms with Crippen molar-refractivity contribution < 1.29 is 4.74 Å². The molecule has 2 N–H and O–H groups in total. The summed E-state index contributed by atoms with van der Waals surface area (Å²) in [5.41, 5.74) is 6.32. The quantitative estimate of drug-likeness (QED) is 0.703. The molecule has 1 fully saturated rings. The molecule has 4 nitrogen and oxygen atoms in total. The van der Waals surface area contributed by atoms with E-state index in [1.54, 1.807) is 0 Å². The van der Waals surface area contributed by atoms with Gasteiger partial charge in [0.05, 0.1) is 6.10 Å². The number of nitrogens with zero attached hydrogens (tertiary/aromatic N) is 2. The van der Waals surface area contributed by atoms with Gasteiger partial charge in [0, 0.05) is 18.7 Å². The molecule has 4 heteroatoms.